The van der Waals surface area contributed by atoms with Crippen LogP contribution in [0.4, 0.5) is 4.39 Å². The molecule has 0 aromatic heterocycles. The van der Waals surface area contributed by atoms with Gasteiger partial charge in [-0.2, -0.15) is 0 Å². The molecule has 18 heavy (non-hydrogen) atoms. The largest absolute Gasteiger partial charge is 0.298 e. The number of halogens is 1. The van der Waals surface area contributed by atoms with E-state index in [0.717, 1.165) is 6.26 Å². The maximum Gasteiger partial charge on any atom is 0.176 e. The van der Waals surface area contributed by atoms with Crippen LogP contribution in [-0.4, -0.2) is 51.2 Å². The summed E-state index contributed by atoms with van der Waals surface area (Å²) < 4.78 is 34.6. The molecule has 0 amide bonds. The molecule has 0 radical (unpaired) electrons. The number of rotatable bonds is 6. The summed E-state index contributed by atoms with van der Waals surface area (Å²) in [6.45, 7) is 0.410. The number of hydrogen-bond acceptors (Lipinski definition) is 4. The van der Waals surface area contributed by atoms with Crippen molar-refractivity contribution in [2.24, 2.45) is 0 Å². The van der Waals surface area contributed by atoms with Gasteiger partial charge in [0.05, 0.1) is 12.3 Å². The Labute approximate surface area is 106 Å². The van der Waals surface area contributed by atoms with Gasteiger partial charge >= 0.3 is 0 Å². The second kappa shape index (κ2) is 6.06. The highest BCUT2D eigenvalue weighted by atomic mass is 32.2. The van der Waals surface area contributed by atoms with Crippen molar-refractivity contribution in [1.29, 1.82) is 0 Å². The lowest BCUT2D eigenvalue weighted by molar-refractivity contribution is 0.0949. The molecule has 0 aliphatic carbocycles. The van der Waals surface area contributed by atoms with E-state index in [1.807, 2.05) is 0 Å². The molecule has 4 nitrogen and oxygen atoms in total. The Bertz CT molecular complexity index is 511. The first kappa shape index (κ1) is 14.8. The molecule has 1 aromatic rings. The molecule has 0 unspecified atom stereocenters. The molecule has 1 rings (SSSR count). The second-order valence-corrected chi connectivity index (χ2v) is 6.56. The van der Waals surface area contributed by atoms with Gasteiger partial charge in [-0.05, 0) is 31.3 Å². The van der Waals surface area contributed by atoms with Gasteiger partial charge in [-0.25, -0.2) is 12.8 Å². The Hall–Kier alpha value is -1.27. The summed E-state index contributed by atoms with van der Waals surface area (Å²) in [4.78, 5) is 13.4. The maximum absolute atomic E-state index is 12.7. The van der Waals surface area contributed by atoms with Crippen LogP contribution in [0, 0.1) is 5.82 Å². The van der Waals surface area contributed by atoms with Crippen LogP contribution in [0.3, 0.4) is 0 Å². The van der Waals surface area contributed by atoms with Crippen molar-refractivity contribution in [1.82, 2.24) is 4.90 Å². The van der Waals surface area contributed by atoms with Gasteiger partial charge in [0.2, 0.25) is 0 Å². The van der Waals surface area contributed by atoms with Gasteiger partial charge < -0.3 is 0 Å². The monoisotopic (exact) mass is 273 g/mol. The molecule has 0 heterocycles. The number of ketones is 1. The first-order valence-corrected chi connectivity index (χ1v) is 7.49. The SMILES string of the molecule is CN(CCS(C)(=O)=O)CC(=O)c1ccc(F)cc1. The van der Waals surface area contributed by atoms with E-state index >= 15 is 0 Å². The summed E-state index contributed by atoms with van der Waals surface area (Å²) in [7, 11) is -1.35. The normalized spacial score (nSPS) is 11.8. The number of sulfone groups is 1. The molecule has 0 saturated carbocycles. The highest BCUT2D eigenvalue weighted by molar-refractivity contribution is 7.90. The Kier molecular flexibility index (Phi) is 4.98. The lowest BCUT2D eigenvalue weighted by atomic mass is 10.1. The van der Waals surface area contributed by atoms with Crippen LogP contribution in [0.15, 0.2) is 24.3 Å². The van der Waals surface area contributed by atoms with Crippen LogP contribution in [-0.2, 0) is 9.84 Å². The third-order valence-corrected chi connectivity index (χ3v) is 3.35. The number of carbonyl (C=O) groups is 1. The van der Waals surface area contributed by atoms with E-state index in [1.54, 1.807) is 11.9 Å². The number of carbonyl (C=O) groups excluding carboxylic acids is 1. The zero-order chi connectivity index (χ0) is 13.8. The Morgan fingerprint density at radius 3 is 2.33 bits per heavy atom. The molecule has 0 bridgehead atoms. The quantitative estimate of drug-likeness (QED) is 0.725. The zero-order valence-electron chi connectivity index (χ0n) is 10.4. The van der Waals surface area contributed by atoms with Crippen LogP contribution in [0.2, 0.25) is 0 Å². The van der Waals surface area contributed by atoms with Gasteiger partial charge in [-0.15, -0.1) is 0 Å². The molecule has 0 spiro atoms. The molecule has 0 N–H and O–H groups in total. The van der Waals surface area contributed by atoms with Gasteiger partial charge in [-0.3, -0.25) is 9.69 Å². The minimum Gasteiger partial charge on any atom is -0.298 e. The fourth-order valence-corrected chi connectivity index (χ4v) is 2.02. The lowest BCUT2D eigenvalue weighted by Crippen LogP contribution is -2.30. The third-order valence-electron chi connectivity index (χ3n) is 2.42. The van der Waals surface area contributed by atoms with Crippen LogP contribution < -0.4 is 0 Å². The Morgan fingerprint density at radius 2 is 1.83 bits per heavy atom. The zero-order valence-corrected chi connectivity index (χ0v) is 11.2. The number of nitrogens with zero attached hydrogens (tertiary/aromatic N) is 1. The lowest BCUT2D eigenvalue weighted by Gasteiger charge is -2.14. The number of Topliss-reactive ketones (excluding diaryl/α,β-unsaturated/α-hetero) is 1. The van der Waals surface area contributed by atoms with Crippen LogP contribution in [0.25, 0.3) is 0 Å². The van der Waals surface area contributed by atoms with Crippen molar-refractivity contribution in [2.45, 2.75) is 0 Å². The van der Waals surface area contributed by atoms with Crippen molar-refractivity contribution in [3.05, 3.63) is 35.6 Å². The molecule has 1 aromatic carbocycles. The maximum atomic E-state index is 12.7. The molecule has 0 saturated heterocycles. The van der Waals surface area contributed by atoms with Gasteiger partial charge in [0.1, 0.15) is 15.7 Å². The van der Waals surface area contributed by atoms with Gasteiger partial charge in [0.25, 0.3) is 0 Å². The fraction of sp³-hybridized carbons (Fsp3) is 0.417. The molecule has 6 heteroatoms. The highest BCUT2D eigenvalue weighted by Gasteiger charge is 2.11. The number of hydrogen-bond donors (Lipinski definition) is 0. The summed E-state index contributed by atoms with van der Waals surface area (Å²) in [5.74, 6) is -0.539. The summed E-state index contributed by atoms with van der Waals surface area (Å²) >= 11 is 0. The molecule has 0 aliphatic heterocycles. The minimum absolute atomic E-state index is 0.0141. The molecule has 0 aliphatic rings. The highest BCUT2D eigenvalue weighted by Crippen LogP contribution is 2.04. The van der Waals surface area contributed by atoms with Crippen LogP contribution in [0.1, 0.15) is 10.4 Å². The smallest absolute Gasteiger partial charge is 0.176 e. The van der Waals surface area contributed by atoms with Crippen LogP contribution >= 0.6 is 0 Å². The number of likely N-dealkylation sites (N-methyl/N-ethyl adjacent to an activating group) is 1. The molecule has 0 atom stereocenters. The fourth-order valence-electron chi connectivity index (χ4n) is 1.37. The predicted molar refractivity (Wildman–Crippen MR) is 67.9 cm³/mol. The van der Waals surface area contributed by atoms with E-state index in [4.69, 9.17) is 0 Å². The van der Waals surface area contributed by atoms with E-state index in [2.05, 4.69) is 0 Å². The average molecular weight is 273 g/mol. The standard InChI is InChI=1S/C12H16FNO3S/c1-14(7-8-18(2,16)17)9-12(15)10-3-5-11(13)6-4-10/h3-6H,7-9H2,1-2H3. The van der Waals surface area contributed by atoms with Gasteiger partial charge in [0, 0.05) is 18.4 Å². The van der Waals surface area contributed by atoms with Gasteiger partial charge in [0.15, 0.2) is 5.78 Å². The van der Waals surface area contributed by atoms with E-state index in [1.165, 1.54) is 24.3 Å². The Balaban J connectivity index is 2.52. The van der Waals surface area contributed by atoms with Crippen molar-refractivity contribution in [2.75, 3.05) is 32.1 Å². The molecular weight excluding hydrogens is 257 g/mol. The second-order valence-electron chi connectivity index (χ2n) is 4.30. The predicted octanol–water partition coefficient (Wildman–Crippen LogP) is 0.985. The van der Waals surface area contributed by atoms with E-state index in [9.17, 15) is 17.6 Å². The third kappa shape index (κ3) is 5.37. The molecule has 100 valence electrons. The summed E-state index contributed by atoms with van der Waals surface area (Å²) in [5, 5.41) is 0. The first-order chi connectivity index (χ1) is 8.28. The minimum atomic E-state index is -3.03. The van der Waals surface area contributed by atoms with Crippen molar-refractivity contribution >= 4 is 15.6 Å². The number of benzene rings is 1. The van der Waals surface area contributed by atoms with E-state index < -0.39 is 15.7 Å². The van der Waals surface area contributed by atoms with Crippen LogP contribution in [0.5, 0.6) is 0 Å². The summed E-state index contributed by atoms with van der Waals surface area (Å²) in [6, 6.07) is 5.29. The van der Waals surface area contributed by atoms with Crippen molar-refractivity contribution < 1.29 is 17.6 Å². The summed E-state index contributed by atoms with van der Waals surface area (Å²) in [6.07, 6.45) is 1.16. The molecule has 0 fully saturated rings. The Morgan fingerprint density at radius 1 is 1.28 bits per heavy atom. The average Bonchev–Trinajstić information content (AvgIpc) is 2.26. The van der Waals surface area contributed by atoms with Crippen molar-refractivity contribution in [3.63, 3.8) is 0 Å². The van der Waals surface area contributed by atoms with Crippen molar-refractivity contribution in [3.8, 4) is 0 Å². The molecular formula is C12H16FNO3S. The van der Waals surface area contributed by atoms with E-state index in [-0.39, 0.29) is 18.1 Å². The first-order valence-electron chi connectivity index (χ1n) is 5.43. The van der Waals surface area contributed by atoms with Gasteiger partial charge in [-0.1, -0.05) is 0 Å². The summed E-state index contributed by atoms with van der Waals surface area (Å²) in [5.41, 5.74) is 0.419. The van der Waals surface area contributed by atoms with E-state index in [0.29, 0.717) is 12.1 Å². The topological polar surface area (TPSA) is 54.5 Å².